The molecule has 2 aromatic rings. The number of esters is 1. The smallest absolute Gasteiger partial charge is 0.311 e. The van der Waals surface area contributed by atoms with Crippen LogP contribution < -0.4 is 4.90 Å². The lowest BCUT2D eigenvalue weighted by Gasteiger charge is -2.26. The Bertz CT molecular complexity index is 988. The number of hydrogen-bond donors (Lipinski definition) is 0. The molecule has 0 bridgehead atoms. The molecule has 0 saturated heterocycles. The van der Waals surface area contributed by atoms with Gasteiger partial charge in [0.15, 0.2) is 0 Å². The molecule has 0 atom stereocenters. The van der Waals surface area contributed by atoms with E-state index in [9.17, 15) is 4.79 Å². The Morgan fingerprint density at radius 1 is 0.628 bits per heavy atom. The molecule has 0 amide bonds. The molecule has 0 aliphatic rings. The number of carbonyl (C=O) groups is 1. The fraction of sp³-hybridized carbons (Fsp3) is 0.658. The lowest BCUT2D eigenvalue weighted by Crippen LogP contribution is -2.32. The van der Waals surface area contributed by atoms with Crippen molar-refractivity contribution in [3.63, 3.8) is 0 Å². The van der Waals surface area contributed by atoms with Crippen molar-refractivity contribution < 1.29 is 9.53 Å². The minimum atomic E-state index is -0.440. The number of ether oxygens (including phenoxy) is 1. The third-order valence-electron chi connectivity index (χ3n) is 8.56. The van der Waals surface area contributed by atoms with E-state index in [0.29, 0.717) is 13.2 Å². The third kappa shape index (κ3) is 16.7. The highest BCUT2D eigenvalue weighted by Crippen LogP contribution is 2.24. The summed E-state index contributed by atoms with van der Waals surface area (Å²) in [5.74, 6) is -0.117. The van der Waals surface area contributed by atoms with E-state index in [1.807, 2.05) is 63.2 Å². The van der Waals surface area contributed by atoms with Crippen LogP contribution in [-0.4, -0.2) is 25.7 Å². The Labute approximate surface area is 263 Å². The van der Waals surface area contributed by atoms with Gasteiger partial charge in [0.25, 0.3) is 0 Å². The minimum absolute atomic E-state index is 0.117. The van der Waals surface area contributed by atoms with Crippen molar-refractivity contribution in [2.24, 2.45) is 15.6 Å². The van der Waals surface area contributed by atoms with Crippen molar-refractivity contribution in [3.05, 3.63) is 54.6 Å². The van der Waals surface area contributed by atoms with Gasteiger partial charge < -0.3 is 9.64 Å². The molecule has 0 fully saturated rings. The molecule has 0 spiro atoms. The standard InChI is InChI=1S/C38H61N3O2/c1-5-7-8-9-10-11-12-13-14-15-16-17-18-19-20-24-31-41(32-33-43-37(42)38(3,4)6-2)36-29-27-35(28-30-36)40-39-34-25-22-21-23-26-34/h21-23,25-30H,5-20,24,31-33H2,1-4H3. The van der Waals surface area contributed by atoms with Crippen LogP contribution in [0.2, 0.25) is 0 Å². The Kier molecular flexibility index (Phi) is 19.3. The van der Waals surface area contributed by atoms with Crippen LogP contribution in [0, 0.1) is 5.41 Å². The molecule has 43 heavy (non-hydrogen) atoms. The van der Waals surface area contributed by atoms with Crippen LogP contribution in [0.5, 0.6) is 0 Å². The molecule has 5 heteroatoms. The Morgan fingerprint density at radius 3 is 1.58 bits per heavy atom. The van der Waals surface area contributed by atoms with E-state index in [1.54, 1.807) is 0 Å². The first-order chi connectivity index (χ1) is 21.0. The summed E-state index contributed by atoms with van der Waals surface area (Å²) in [6.45, 7) is 10.3. The Hall–Kier alpha value is -2.69. The van der Waals surface area contributed by atoms with Gasteiger partial charge in [0.1, 0.15) is 6.61 Å². The van der Waals surface area contributed by atoms with Gasteiger partial charge in [0.2, 0.25) is 0 Å². The summed E-state index contributed by atoms with van der Waals surface area (Å²) in [4.78, 5) is 14.8. The first-order valence-electron chi connectivity index (χ1n) is 17.5. The SMILES string of the molecule is CCCCCCCCCCCCCCCCCCN(CCOC(=O)C(C)(C)CC)c1ccc(N=Nc2ccccc2)cc1. The number of benzene rings is 2. The number of rotatable bonds is 25. The van der Waals surface area contributed by atoms with Crippen LogP contribution in [-0.2, 0) is 9.53 Å². The van der Waals surface area contributed by atoms with Crippen LogP contribution >= 0.6 is 0 Å². The van der Waals surface area contributed by atoms with Gasteiger partial charge in [-0.05, 0) is 63.1 Å². The molecule has 0 unspecified atom stereocenters. The first-order valence-corrected chi connectivity index (χ1v) is 17.5. The molecule has 2 aromatic carbocycles. The highest BCUT2D eigenvalue weighted by molar-refractivity contribution is 5.75. The predicted octanol–water partition coefficient (Wildman–Crippen LogP) is 12.1. The number of unbranched alkanes of at least 4 members (excludes halogenated alkanes) is 15. The van der Waals surface area contributed by atoms with E-state index < -0.39 is 5.41 Å². The fourth-order valence-electron chi connectivity index (χ4n) is 5.15. The maximum Gasteiger partial charge on any atom is 0.311 e. The van der Waals surface area contributed by atoms with E-state index >= 15 is 0 Å². The summed E-state index contributed by atoms with van der Waals surface area (Å²) in [5, 5.41) is 8.71. The zero-order chi connectivity index (χ0) is 31.0. The van der Waals surface area contributed by atoms with Gasteiger partial charge >= 0.3 is 5.97 Å². The van der Waals surface area contributed by atoms with Gasteiger partial charge in [0, 0.05) is 12.2 Å². The van der Waals surface area contributed by atoms with Gasteiger partial charge in [-0.15, -0.1) is 0 Å². The molecular formula is C38H61N3O2. The Morgan fingerprint density at radius 2 is 1.09 bits per heavy atom. The zero-order valence-electron chi connectivity index (χ0n) is 28.0. The number of nitrogens with zero attached hydrogens (tertiary/aromatic N) is 3. The topological polar surface area (TPSA) is 54.3 Å². The molecule has 5 nitrogen and oxygen atoms in total. The van der Waals surface area contributed by atoms with Gasteiger partial charge in [-0.25, -0.2) is 0 Å². The molecule has 0 radical (unpaired) electrons. The number of anilines is 1. The summed E-state index contributed by atoms with van der Waals surface area (Å²) in [5.41, 5.74) is 2.36. The first kappa shape index (κ1) is 36.5. The second-order valence-electron chi connectivity index (χ2n) is 12.7. The average Bonchev–Trinajstić information content (AvgIpc) is 3.03. The maximum atomic E-state index is 12.5. The van der Waals surface area contributed by atoms with Crippen molar-refractivity contribution in [1.82, 2.24) is 0 Å². The van der Waals surface area contributed by atoms with Crippen LogP contribution in [0.4, 0.5) is 17.1 Å². The molecule has 0 N–H and O–H groups in total. The van der Waals surface area contributed by atoms with E-state index in [1.165, 1.54) is 96.3 Å². The minimum Gasteiger partial charge on any atom is -0.463 e. The molecule has 0 aliphatic heterocycles. The van der Waals surface area contributed by atoms with Crippen molar-refractivity contribution in [2.45, 2.75) is 137 Å². The van der Waals surface area contributed by atoms with E-state index in [0.717, 1.165) is 36.4 Å². The molecule has 0 saturated carbocycles. The van der Waals surface area contributed by atoms with Crippen LogP contribution in [0.3, 0.4) is 0 Å². The van der Waals surface area contributed by atoms with Crippen molar-refractivity contribution >= 4 is 23.0 Å². The number of hydrogen-bond acceptors (Lipinski definition) is 5. The Balaban J connectivity index is 1.70. The summed E-state index contributed by atoms with van der Waals surface area (Å²) in [6.07, 6.45) is 22.7. The lowest BCUT2D eigenvalue weighted by atomic mass is 9.91. The normalized spacial score (nSPS) is 11.7. The van der Waals surface area contributed by atoms with Gasteiger partial charge in [-0.2, -0.15) is 10.2 Å². The quantitative estimate of drug-likeness (QED) is 0.0655. The summed E-state index contributed by atoms with van der Waals surface area (Å²) in [7, 11) is 0. The van der Waals surface area contributed by atoms with Crippen molar-refractivity contribution in [3.8, 4) is 0 Å². The van der Waals surface area contributed by atoms with E-state index in [2.05, 4.69) is 34.2 Å². The zero-order valence-corrected chi connectivity index (χ0v) is 28.0. The summed E-state index contributed by atoms with van der Waals surface area (Å²) >= 11 is 0. The van der Waals surface area contributed by atoms with Crippen LogP contribution in [0.1, 0.15) is 137 Å². The second kappa shape index (κ2) is 22.8. The van der Waals surface area contributed by atoms with Gasteiger partial charge in [-0.1, -0.05) is 128 Å². The number of azo groups is 1. The highest BCUT2D eigenvalue weighted by atomic mass is 16.5. The second-order valence-corrected chi connectivity index (χ2v) is 12.7. The maximum absolute atomic E-state index is 12.5. The lowest BCUT2D eigenvalue weighted by molar-refractivity contribution is -0.153. The molecule has 240 valence electrons. The van der Waals surface area contributed by atoms with E-state index in [4.69, 9.17) is 4.74 Å². The largest absolute Gasteiger partial charge is 0.463 e. The monoisotopic (exact) mass is 591 g/mol. The molecule has 0 aromatic heterocycles. The average molecular weight is 592 g/mol. The van der Waals surface area contributed by atoms with Crippen molar-refractivity contribution in [2.75, 3.05) is 24.6 Å². The molecule has 0 heterocycles. The molecule has 2 rings (SSSR count). The molecule has 0 aliphatic carbocycles. The van der Waals surface area contributed by atoms with Crippen LogP contribution in [0.15, 0.2) is 64.8 Å². The predicted molar refractivity (Wildman–Crippen MR) is 184 cm³/mol. The number of carbonyl (C=O) groups excluding carboxylic acids is 1. The van der Waals surface area contributed by atoms with Gasteiger partial charge in [0.05, 0.1) is 23.3 Å². The molecular weight excluding hydrogens is 530 g/mol. The van der Waals surface area contributed by atoms with Gasteiger partial charge in [-0.3, -0.25) is 4.79 Å². The summed E-state index contributed by atoms with van der Waals surface area (Å²) in [6, 6.07) is 18.0. The third-order valence-corrected chi connectivity index (χ3v) is 8.56. The van der Waals surface area contributed by atoms with Crippen molar-refractivity contribution in [1.29, 1.82) is 0 Å². The highest BCUT2D eigenvalue weighted by Gasteiger charge is 2.27. The van der Waals surface area contributed by atoms with E-state index in [-0.39, 0.29) is 5.97 Å². The summed E-state index contributed by atoms with van der Waals surface area (Å²) < 4.78 is 5.68. The fourth-order valence-corrected chi connectivity index (χ4v) is 5.15. The van der Waals surface area contributed by atoms with Crippen LogP contribution in [0.25, 0.3) is 0 Å².